The van der Waals surface area contributed by atoms with E-state index in [9.17, 15) is 4.79 Å². The molecule has 2 aromatic carbocycles. The summed E-state index contributed by atoms with van der Waals surface area (Å²) in [6.45, 7) is 3.29. The standard InChI is InChI=1S/C30H36N8O3/c1-36(2)14-15-38-29-26(17-31-38)28(37-18-24-11-12-25(19-37)41-24)34-27(35-29)21-5-9-23(10-6-21)33-30(40)32-22-7-3-20(4-8-22)13-16-39/h3-10,17,24-25,39H,11-16,18-19H2,1-2H3,(H2,32,33,40). The van der Waals surface area contributed by atoms with E-state index in [1.54, 1.807) is 0 Å². The van der Waals surface area contributed by atoms with Crippen LogP contribution in [0.25, 0.3) is 22.4 Å². The number of aliphatic hydroxyl groups excluding tert-OH is 1. The van der Waals surface area contributed by atoms with Crippen molar-refractivity contribution in [3.8, 4) is 11.4 Å². The molecule has 2 atom stereocenters. The Morgan fingerprint density at radius 3 is 2.29 bits per heavy atom. The smallest absolute Gasteiger partial charge is 0.323 e. The van der Waals surface area contributed by atoms with Crippen LogP contribution in [-0.2, 0) is 17.7 Å². The van der Waals surface area contributed by atoms with Gasteiger partial charge in [0.2, 0.25) is 0 Å². The second kappa shape index (κ2) is 11.8. The van der Waals surface area contributed by atoms with Crippen LogP contribution in [-0.4, -0.2) is 88.3 Å². The summed E-state index contributed by atoms with van der Waals surface area (Å²) in [4.78, 5) is 27.0. The first kappa shape index (κ1) is 27.1. The summed E-state index contributed by atoms with van der Waals surface area (Å²) in [5.41, 5.74) is 4.02. The number of aromatic nitrogens is 4. The predicted octanol–water partition coefficient (Wildman–Crippen LogP) is 3.60. The summed E-state index contributed by atoms with van der Waals surface area (Å²) in [6, 6.07) is 14.6. The molecule has 2 bridgehead atoms. The molecule has 0 saturated carbocycles. The molecule has 2 amide bonds. The average molecular weight is 557 g/mol. The summed E-state index contributed by atoms with van der Waals surface area (Å²) in [7, 11) is 4.09. The summed E-state index contributed by atoms with van der Waals surface area (Å²) in [5.74, 6) is 1.52. The quantitative estimate of drug-likeness (QED) is 0.286. The molecule has 11 nitrogen and oxygen atoms in total. The number of carbonyl (C=O) groups is 1. The van der Waals surface area contributed by atoms with Crippen LogP contribution in [0.3, 0.4) is 0 Å². The number of nitrogens with zero attached hydrogens (tertiary/aromatic N) is 6. The van der Waals surface area contributed by atoms with Gasteiger partial charge in [-0.15, -0.1) is 0 Å². The molecule has 0 aliphatic carbocycles. The Morgan fingerprint density at radius 2 is 1.66 bits per heavy atom. The van der Waals surface area contributed by atoms with Crippen LogP contribution < -0.4 is 15.5 Å². The number of aliphatic hydroxyl groups is 1. The molecule has 0 spiro atoms. The molecule has 41 heavy (non-hydrogen) atoms. The Hall–Kier alpha value is -4.06. The van der Waals surface area contributed by atoms with Crippen molar-refractivity contribution in [1.29, 1.82) is 0 Å². The lowest BCUT2D eigenvalue weighted by Gasteiger charge is -2.33. The minimum absolute atomic E-state index is 0.0949. The van der Waals surface area contributed by atoms with Crippen molar-refractivity contribution >= 4 is 34.3 Å². The fourth-order valence-corrected chi connectivity index (χ4v) is 5.44. The number of benzene rings is 2. The van der Waals surface area contributed by atoms with Crippen LogP contribution in [0.4, 0.5) is 22.0 Å². The number of hydrogen-bond donors (Lipinski definition) is 3. The number of fused-ring (bicyclic) bond motifs is 3. The third kappa shape index (κ3) is 6.17. The Labute approximate surface area is 239 Å². The normalized spacial score (nSPS) is 18.3. The third-order valence-corrected chi connectivity index (χ3v) is 7.59. The first-order valence-electron chi connectivity index (χ1n) is 14.1. The molecule has 2 aliphatic heterocycles. The summed E-state index contributed by atoms with van der Waals surface area (Å²) in [5, 5.41) is 20.4. The van der Waals surface area contributed by atoms with Gasteiger partial charge >= 0.3 is 6.03 Å². The van der Waals surface area contributed by atoms with E-state index >= 15 is 0 Å². The summed E-state index contributed by atoms with van der Waals surface area (Å²) < 4.78 is 8.04. The number of nitrogens with one attached hydrogen (secondary N) is 2. The highest BCUT2D eigenvalue weighted by molar-refractivity contribution is 5.99. The fourth-order valence-electron chi connectivity index (χ4n) is 5.44. The summed E-state index contributed by atoms with van der Waals surface area (Å²) >= 11 is 0. The zero-order chi connectivity index (χ0) is 28.3. The molecule has 3 N–H and O–H groups in total. The van der Waals surface area contributed by atoms with Gasteiger partial charge in [-0.25, -0.2) is 19.4 Å². The molecule has 0 radical (unpaired) electrons. The van der Waals surface area contributed by atoms with Crippen molar-refractivity contribution in [2.75, 3.05) is 55.9 Å². The van der Waals surface area contributed by atoms with Gasteiger partial charge in [-0.2, -0.15) is 5.10 Å². The van der Waals surface area contributed by atoms with Gasteiger partial charge in [-0.1, -0.05) is 12.1 Å². The van der Waals surface area contributed by atoms with Gasteiger partial charge in [0.25, 0.3) is 0 Å². The predicted molar refractivity (Wildman–Crippen MR) is 159 cm³/mol. The molecule has 2 fully saturated rings. The van der Waals surface area contributed by atoms with Gasteiger partial charge in [0, 0.05) is 43.2 Å². The van der Waals surface area contributed by atoms with E-state index in [0.29, 0.717) is 23.6 Å². The largest absolute Gasteiger partial charge is 0.396 e. The fraction of sp³-hybridized carbons (Fsp3) is 0.400. The monoisotopic (exact) mass is 556 g/mol. The van der Waals surface area contributed by atoms with Crippen molar-refractivity contribution in [2.45, 2.75) is 38.0 Å². The zero-order valence-electron chi connectivity index (χ0n) is 23.5. The van der Waals surface area contributed by atoms with E-state index in [4.69, 9.17) is 19.8 Å². The lowest BCUT2D eigenvalue weighted by molar-refractivity contribution is 0.0303. The number of anilines is 3. The first-order chi connectivity index (χ1) is 19.9. The van der Waals surface area contributed by atoms with E-state index in [0.717, 1.165) is 67.0 Å². The van der Waals surface area contributed by atoms with Crippen LogP contribution in [0, 0.1) is 0 Å². The van der Waals surface area contributed by atoms with Crippen molar-refractivity contribution < 1.29 is 14.6 Å². The highest BCUT2D eigenvalue weighted by atomic mass is 16.5. The van der Waals surface area contributed by atoms with E-state index in [1.165, 1.54) is 0 Å². The van der Waals surface area contributed by atoms with Gasteiger partial charge in [0.15, 0.2) is 11.5 Å². The molecule has 2 unspecified atom stereocenters. The summed E-state index contributed by atoms with van der Waals surface area (Å²) in [6.07, 6.45) is 5.11. The van der Waals surface area contributed by atoms with Crippen LogP contribution in [0.2, 0.25) is 0 Å². The van der Waals surface area contributed by atoms with E-state index in [1.807, 2.05) is 73.5 Å². The highest BCUT2D eigenvalue weighted by Gasteiger charge is 2.35. The van der Waals surface area contributed by atoms with Gasteiger partial charge in [-0.05, 0) is 75.3 Å². The van der Waals surface area contributed by atoms with Crippen molar-refractivity contribution in [3.05, 3.63) is 60.3 Å². The van der Waals surface area contributed by atoms with Crippen molar-refractivity contribution in [3.63, 3.8) is 0 Å². The molecule has 11 heteroatoms. The first-order valence-corrected chi connectivity index (χ1v) is 14.1. The Kier molecular flexibility index (Phi) is 7.82. The molecule has 2 aromatic heterocycles. The SMILES string of the molecule is CN(C)CCn1ncc2c(N3CC4CCC(C3)O4)nc(-c3ccc(NC(=O)Nc4ccc(CCO)cc4)cc3)nc21. The lowest BCUT2D eigenvalue weighted by Crippen LogP contribution is -2.43. The maximum atomic E-state index is 12.6. The minimum atomic E-state index is -0.334. The number of morpholine rings is 1. The van der Waals surface area contributed by atoms with Crippen LogP contribution in [0.1, 0.15) is 18.4 Å². The van der Waals surface area contributed by atoms with Crippen LogP contribution >= 0.6 is 0 Å². The number of hydrogen-bond acceptors (Lipinski definition) is 8. The number of urea groups is 1. The van der Waals surface area contributed by atoms with Crippen LogP contribution in [0.5, 0.6) is 0 Å². The molecule has 4 heterocycles. The lowest BCUT2D eigenvalue weighted by atomic mass is 10.1. The van der Waals surface area contributed by atoms with Crippen LogP contribution in [0.15, 0.2) is 54.7 Å². The minimum Gasteiger partial charge on any atom is -0.396 e. The van der Waals surface area contributed by atoms with E-state index < -0.39 is 0 Å². The molecule has 6 rings (SSSR count). The second-order valence-corrected chi connectivity index (χ2v) is 11.0. The van der Waals surface area contributed by atoms with Crippen molar-refractivity contribution in [1.82, 2.24) is 24.6 Å². The average Bonchev–Trinajstić information content (AvgIpc) is 3.54. The highest BCUT2D eigenvalue weighted by Crippen LogP contribution is 2.33. The van der Waals surface area contributed by atoms with Crippen molar-refractivity contribution in [2.24, 2.45) is 0 Å². The second-order valence-electron chi connectivity index (χ2n) is 11.0. The Balaban J connectivity index is 1.23. The Bertz CT molecular complexity index is 1490. The number of rotatable bonds is 9. The van der Waals surface area contributed by atoms with Gasteiger partial charge < -0.3 is 30.3 Å². The third-order valence-electron chi connectivity index (χ3n) is 7.59. The molecule has 214 valence electrons. The van der Waals surface area contributed by atoms with E-state index in [-0.39, 0.29) is 24.8 Å². The maximum Gasteiger partial charge on any atom is 0.323 e. The van der Waals surface area contributed by atoms with Gasteiger partial charge in [0.1, 0.15) is 5.82 Å². The zero-order valence-corrected chi connectivity index (χ0v) is 23.5. The maximum absolute atomic E-state index is 12.6. The van der Waals surface area contributed by atoms with Gasteiger partial charge in [0.05, 0.1) is 30.3 Å². The number of likely N-dealkylation sites (N-methyl/N-ethyl adjacent to an activating group) is 1. The van der Waals surface area contributed by atoms with Gasteiger partial charge in [-0.3, -0.25) is 0 Å². The topological polar surface area (TPSA) is 121 Å². The number of carbonyl (C=O) groups excluding carboxylic acids is 1. The number of ether oxygens (including phenoxy) is 1. The molecule has 2 aliphatic rings. The molecule has 4 aromatic rings. The molecule has 2 saturated heterocycles. The molecular weight excluding hydrogens is 520 g/mol. The van der Waals surface area contributed by atoms with E-state index in [2.05, 4.69) is 25.5 Å². The number of amides is 2. The Morgan fingerprint density at radius 1 is 1.00 bits per heavy atom. The molecular formula is C30H36N8O3.